The molecule has 0 radical (unpaired) electrons. The first-order valence-corrected chi connectivity index (χ1v) is 11.4. The number of rotatable bonds is 7. The first-order valence-electron chi connectivity index (χ1n) is 10.5. The van der Waals surface area contributed by atoms with Crippen LogP contribution in [0.15, 0.2) is 72.4 Å². The van der Waals surface area contributed by atoms with E-state index >= 15 is 0 Å². The quantitative estimate of drug-likeness (QED) is 0.364. The maximum Gasteiger partial charge on any atom is 0.259 e. The molecule has 8 nitrogen and oxygen atoms in total. The molecule has 1 amide bonds. The molecular formula is C25H21N5O3S. The van der Waals surface area contributed by atoms with Gasteiger partial charge in [0, 0.05) is 22.5 Å². The summed E-state index contributed by atoms with van der Waals surface area (Å²) in [6, 6.07) is 17.4. The molecule has 0 bridgehead atoms. The van der Waals surface area contributed by atoms with Crippen molar-refractivity contribution in [3.8, 4) is 22.8 Å². The highest BCUT2D eigenvalue weighted by molar-refractivity contribution is 7.14. The Morgan fingerprint density at radius 1 is 1.03 bits per heavy atom. The van der Waals surface area contributed by atoms with Crippen molar-refractivity contribution in [2.75, 3.05) is 19.5 Å². The molecule has 5 aromatic rings. The monoisotopic (exact) mass is 471 g/mol. The summed E-state index contributed by atoms with van der Waals surface area (Å²) in [5, 5.41) is 10.5. The number of carbonyl (C=O) groups excluding carboxylic acids is 1. The number of thiazole rings is 1. The fraction of sp³-hybridized carbons (Fsp3) is 0.120. The van der Waals surface area contributed by atoms with Gasteiger partial charge in [-0.05, 0) is 29.8 Å². The predicted molar refractivity (Wildman–Crippen MR) is 132 cm³/mol. The molecule has 1 N–H and O–H groups in total. The number of aromatic nitrogens is 4. The largest absolute Gasteiger partial charge is 0.493 e. The average molecular weight is 472 g/mol. The highest BCUT2D eigenvalue weighted by Crippen LogP contribution is 2.33. The molecule has 0 unspecified atom stereocenters. The summed E-state index contributed by atoms with van der Waals surface area (Å²) in [7, 11) is 3.18. The molecule has 0 fully saturated rings. The number of anilines is 1. The summed E-state index contributed by atoms with van der Waals surface area (Å²) < 4.78 is 12.5. The number of hydrogen-bond acceptors (Lipinski definition) is 7. The zero-order chi connectivity index (χ0) is 23.5. The van der Waals surface area contributed by atoms with Gasteiger partial charge in [-0.3, -0.25) is 10.1 Å². The summed E-state index contributed by atoms with van der Waals surface area (Å²) in [5.41, 5.74) is 3.89. The van der Waals surface area contributed by atoms with Gasteiger partial charge in [0.05, 0.1) is 38.2 Å². The average Bonchev–Trinajstić information content (AvgIpc) is 3.51. The first-order chi connectivity index (χ1) is 16.6. The molecular weight excluding hydrogens is 450 g/mol. The van der Waals surface area contributed by atoms with Crippen LogP contribution in [0.5, 0.6) is 11.5 Å². The Hall–Kier alpha value is -4.24. The van der Waals surface area contributed by atoms with Crippen LogP contribution in [0.3, 0.4) is 0 Å². The second kappa shape index (κ2) is 9.32. The number of carbonyl (C=O) groups is 1. The number of amides is 1. The fourth-order valence-corrected chi connectivity index (χ4v) is 4.31. The second-order valence-electron chi connectivity index (χ2n) is 7.49. The van der Waals surface area contributed by atoms with E-state index in [0.29, 0.717) is 28.7 Å². The Kier molecular flexibility index (Phi) is 5.92. The van der Waals surface area contributed by atoms with Crippen LogP contribution in [-0.2, 0) is 6.54 Å². The van der Waals surface area contributed by atoms with Gasteiger partial charge in [0.15, 0.2) is 22.3 Å². The van der Waals surface area contributed by atoms with Gasteiger partial charge in [-0.15, -0.1) is 11.3 Å². The highest BCUT2D eigenvalue weighted by atomic mass is 32.1. The third-order valence-electron chi connectivity index (χ3n) is 5.32. The number of ether oxygens (including phenoxy) is 2. The molecule has 3 aromatic heterocycles. The van der Waals surface area contributed by atoms with E-state index in [4.69, 9.17) is 9.47 Å². The number of hydrogen-bond donors (Lipinski definition) is 1. The van der Waals surface area contributed by atoms with Crippen molar-refractivity contribution in [1.29, 1.82) is 0 Å². The Bertz CT molecular complexity index is 1460. The Morgan fingerprint density at radius 3 is 2.65 bits per heavy atom. The smallest absolute Gasteiger partial charge is 0.259 e. The number of nitrogens with one attached hydrogen (secondary N) is 1. The topological polar surface area (TPSA) is 91.2 Å². The van der Waals surface area contributed by atoms with Crippen molar-refractivity contribution < 1.29 is 14.3 Å². The van der Waals surface area contributed by atoms with Gasteiger partial charge < -0.3 is 9.47 Å². The number of methoxy groups -OCH3 is 2. The zero-order valence-corrected chi connectivity index (χ0v) is 19.4. The van der Waals surface area contributed by atoms with Crippen molar-refractivity contribution in [1.82, 2.24) is 19.7 Å². The molecule has 0 aliphatic carbocycles. The van der Waals surface area contributed by atoms with E-state index in [2.05, 4.69) is 20.4 Å². The lowest BCUT2D eigenvalue weighted by molar-refractivity contribution is 0.102. The Balaban J connectivity index is 1.32. The maximum atomic E-state index is 12.8. The normalized spacial score (nSPS) is 10.9. The molecule has 2 aromatic carbocycles. The van der Waals surface area contributed by atoms with Gasteiger partial charge in [0.1, 0.15) is 0 Å². The number of benzene rings is 2. The van der Waals surface area contributed by atoms with E-state index in [0.717, 1.165) is 27.9 Å². The van der Waals surface area contributed by atoms with Crippen LogP contribution in [0.1, 0.15) is 15.9 Å². The van der Waals surface area contributed by atoms with Gasteiger partial charge in [-0.25, -0.2) is 14.6 Å². The minimum Gasteiger partial charge on any atom is -0.493 e. The third kappa shape index (κ3) is 4.33. The lowest BCUT2D eigenvalue weighted by Crippen LogP contribution is -2.12. The summed E-state index contributed by atoms with van der Waals surface area (Å²) in [5.74, 6) is 0.981. The van der Waals surface area contributed by atoms with Crippen LogP contribution < -0.4 is 14.8 Å². The lowest BCUT2D eigenvalue weighted by Gasteiger charge is -2.08. The molecule has 0 aliphatic heterocycles. The zero-order valence-electron chi connectivity index (χ0n) is 18.6. The second-order valence-corrected chi connectivity index (χ2v) is 8.34. The van der Waals surface area contributed by atoms with E-state index in [9.17, 15) is 4.79 Å². The van der Waals surface area contributed by atoms with E-state index in [1.807, 2.05) is 58.6 Å². The summed E-state index contributed by atoms with van der Waals surface area (Å²) in [6.07, 6.45) is 3.28. The van der Waals surface area contributed by atoms with Crippen molar-refractivity contribution in [2.45, 2.75) is 6.54 Å². The third-order valence-corrected chi connectivity index (χ3v) is 6.07. The molecule has 34 heavy (non-hydrogen) atoms. The van der Waals surface area contributed by atoms with Gasteiger partial charge in [0.2, 0.25) is 0 Å². The molecule has 5 rings (SSSR count). The van der Waals surface area contributed by atoms with Gasteiger partial charge in [-0.2, -0.15) is 5.10 Å². The van der Waals surface area contributed by atoms with E-state index in [1.165, 1.54) is 11.3 Å². The van der Waals surface area contributed by atoms with Crippen LogP contribution in [0, 0.1) is 0 Å². The van der Waals surface area contributed by atoms with Crippen molar-refractivity contribution in [2.24, 2.45) is 0 Å². The van der Waals surface area contributed by atoms with Crippen molar-refractivity contribution in [3.05, 3.63) is 83.5 Å². The summed E-state index contributed by atoms with van der Waals surface area (Å²) in [4.78, 5) is 21.9. The maximum absolute atomic E-state index is 12.8. The fourth-order valence-electron chi connectivity index (χ4n) is 3.60. The van der Waals surface area contributed by atoms with Crippen LogP contribution in [0.25, 0.3) is 22.3 Å². The number of fused-ring (bicyclic) bond motifs is 1. The number of pyridine rings is 1. The van der Waals surface area contributed by atoms with Crippen LogP contribution in [0.4, 0.5) is 5.13 Å². The molecule has 0 saturated heterocycles. The van der Waals surface area contributed by atoms with Gasteiger partial charge in [-0.1, -0.05) is 30.3 Å². The van der Waals surface area contributed by atoms with Crippen molar-refractivity contribution >= 4 is 33.4 Å². The van der Waals surface area contributed by atoms with E-state index < -0.39 is 0 Å². The van der Waals surface area contributed by atoms with E-state index in [1.54, 1.807) is 32.7 Å². The summed E-state index contributed by atoms with van der Waals surface area (Å²) >= 11 is 1.35. The minimum absolute atomic E-state index is 0.279. The molecule has 0 atom stereocenters. The van der Waals surface area contributed by atoms with Crippen LogP contribution in [-0.4, -0.2) is 39.9 Å². The summed E-state index contributed by atoms with van der Waals surface area (Å²) in [6.45, 7) is 0.612. The molecule has 3 heterocycles. The molecule has 9 heteroatoms. The lowest BCUT2D eigenvalue weighted by atomic mass is 10.1. The first kappa shape index (κ1) is 21.6. The molecule has 0 spiro atoms. The van der Waals surface area contributed by atoms with Crippen molar-refractivity contribution in [3.63, 3.8) is 0 Å². The SMILES string of the molecule is COc1ccc(-c2csc(NC(=O)c3cnc4c(cnn4Cc4ccccc4)c3)n2)cc1OC. The van der Waals surface area contributed by atoms with Gasteiger partial charge in [0.25, 0.3) is 5.91 Å². The van der Waals surface area contributed by atoms with Crippen LogP contribution in [0.2, 0.25) is 0 Å². The van der Waals surface area contributed by atoms with Gasteiger partial charge >= 0.3 is 0 Å². The van der Waals surface area contributed by atoms with E-state index in [-0.39, 0.29) is 5.91 Å². The Labute approximate surface area is 199 Å². The highest BCUT2D eigenvalue weighted by Gasteiger charge is 2.14. The molecule has 170 valence electrons. The predicted octanol–water partition coefficient (Wildman–Crippen LogP) is 4.87. The van der Waals surface area contributed by atoms with Crippen LogP contribution >= 0.6 is 11.3 Å². The molecule has 0 saturated carbocycles. The molecule has 0 aliphatic rings. The minimum atomic E-state index is -0.279. The standard InChI is InChI=1S/C25H21N5O3S/c1-32-21-9-8-17(11-22(21)33-2)20-15-34-25(28-20)29-24(31)19-10-18-13-27-30(23(18)26-12-19)14-16-6-4-3-5-7-16/h3-13,15H,14H2,1-2H3,(H,28,29,31). The Morgan fingerprint density at radius 2 is 1.85 bits per heavy atom. The number of nitrogens with zero attached hydrogens (tertiary/aromatic N) is 4.